The van der Waals surface area contributed by atoms with E-state index >= 15 is 4.39 Å². The van der Waals surface area contributed by atoms with Crippen LogP contribution >= 0.6 is 0 Å². The fourth-order valence-corrected chi connectivity index (χ4v) is 5.20. The molecule has 0 unspecified atom stereocenters. The van der Waals surface area contributed by atoms with E-state index in [-0.39, 0.29) is 11.7 Å². The molecule has 1 saturated heterocycles. The third-order valence-electron chi connectivity index (χ3n) is 6.57. The maximum Gasteiger partial charge on any atom is 0.276 e. The molecule has 3 heterocycles. The summed E-state index contributed by atoms with van der Waals surface area (Å²) < 4.78 is 30.4. The van der Waals surface area contributed by atoms with Gasteiger partial charge in [-0.05, 0) is 54.7 Å². The summed E-state index contributed by atoms with van der Waals surface area (Å²) in [6.45, 7) is 2.22. The van der Waals surface area contributed by atoms with Gasteiger partial charge in [0.2, 0.25) is 5.43 Å². The van der Waals surface area contributed by atoms with Gasteiger partial charge < -0.3 is 10.0 Å². The maximum absolute atomic E-state index is 15.1. The van der Waals surface area contributed by atoms with Crippen molar-refractivity contribution in [3.63, 3.8) is 0 Å². The highest BCUT2D eigenvalue weighted by Crippen LogP contribution is 2.46. The van der Waals surface area contributed by atoms with E-state index in [9.17, 15) is 19.1 Å². The van der Waals surface area contributed by atoms with Crippen LogP contribution in [0.3, 0.4) is 0 Å². The molecule has 6 nitrogen and oxygen atoms in total. The smallest absolute Gasteiger partial charge is 0.276 e. The third kappa shape index (κ3) is 3.01. The molecule has 2 aliphatic heterocycles. The van der Waals surface area contributed by atoms with Crippen molar-refractivity contribution in [2.75, 3.05) is 6.54 Å². The van der Waals surface area contributed by atoms with Crippen molar-refractivity contribution >= 4 is 5.91 Å². The molecule has 0 saturated carbocycles. The summed E-state index contributed by atoms with van der Waals surface area (Å²) in [5.74, 6) is -2.60. The van der Waals surface area contributed by atoms with E-state index in [1.165, 1.54) is 22.9 Å². The van der Waals surface area contributed by atoms with Crippen LogP contribution in [0.2, 0.25) is 0 Å². The largest absolute Gasteiger partial charge is 0.502 e. The Kier molecular flexibility index (Phi) is 4.80. The van der Waals surface area contributed by atoms with Gasteiger partial charge in [0, 0.05) is 12.5 Å². The van der Waals surface area contributed by atoms with E-state index in [4.69, 9.17) is 0 Å². The molecule has 3 aromatic rings. The fourth-order valence-electron chi connectivity index (χ4n) is 5.20. The molecule has 2 aromatic carbocycles. The van der Waals surface area contributed by atoms with Gasteiger partial charge >= 0.3 is 0 Å². The Hall–Kier alpha value is -3.55. The molecule has 0 aliphatic carbocycles. The van der Waals surface area contributed by atoms with Gasteiger partial charge in [0.1, 0.15) is 11.6 Å². The van der Waals surface area contributed by atoms with E-state index in [0.717, 1.165) is 12.6 Å². The van der Waals surface area contributed by atoms with Gasteiger partial charge in [-0.2, -0.15) is 5.10 Å². The maximum atomic E-state index is 15.1. The van der Waals surface area contributed by atoms with Gasteiger partial charge in [0.15, 0.2) is 11.4 Å². The topological polar surface area (TPSA) is 75.4 Å². The summed E-state index contributed by atoms with van der Waals surface area (Å²) in [4.78, 5) is 26.9. The molecule has 1 N–H and O–H groups in total. The number of hydrogen-bond acceptors (Lipinski definition) is 4. The predicted molar refractivity (Wildman–Crippen MR) is 113 cm³/mol. The number of benzene rings is 2. The van der Waals surface area contributed by atoms with Crippen LogP contribution < -0.4 is 5.43 Å². The van der Waals surface area contributed by atoms with E-state index in [1.807, 2.05) is 0 Å². The van der Waals surface area contributed by atoms with E-state index in [0.29, 0.717) is 29.7 Å². The number of aromatic hydroxyl groups is 1. The van der Waals surface area contributed by atoms with Crippen molar-refractivity contribution in [1.29, 1.82) is 0 Å². The quantitative estimate of drug-likeness (QED) is 0.680. The second-order valence-electron chi connectivity index (χ2n) is 8.35. The molecule has 1 fully saturated rings. The Morgan fingerprint density at radius 3 is 2.66 bits per heavy atom. The lowest BCUT2D eigenvalue weighted by Crippen LogP contribution is -2.51. The normalized spacial score (nSPS) is 20.7. The van der Waals surface area contributed by atoms with Crippen LogP contribution in [0, 0.1) is 18.6 Å². The van der Waals surface area contributed by atoms with Crippen LogP contribution in [-0.2, 0) is 0 Å². The first-order valence-electron chi connectivity index (χ1n) is 10.5. The zero-order valence-corrected chi connectivity index (χ0v) is 17.3. The molecule has 1 aromatic heterocycles. The molecule has 0 spiro atoms. The minimum absolute atomic E-state index is 0.193. The van der Waals surface area contributed by atoms with Crippen molar-refractivity contribution in [3.8, 4) is 5.75 Å². The first-order valence-corrected chi connectivity index (χ1v) is 10.5. The SMILES string of the molecule is Cc1cc(F)ccc1[C@@H](c1ccccc1F)[C@H]1[C@H]2CCCN2C(=O)c2c(O)c(=O)cnn21. The second kappa shape index (κ2) is 7.55. The number of carbonyl (C=O) groups excluding carboxylic acids is 1. The van der Waals surface area contributed by atoms with Crippen molar-refractivity contribution in [1.82, 2.24) is 14.7 Å². The Bertz CT molecular complexity index is 1290. The van der Waals surface area contributed by atoms with Crippen LogP contribution in [0.5, 0.6) is 5.75 Å². The van der Waals surface area contributed by atoms with Crippen molar-refractivity contribution in [2.45, 2.75) is 37.8 Å². The van der Waals surface area contributed by atoms with Crippen molar-refractivity contribution in [2.24, 2.45) is 0 Å². The number of amides is 1. The van der Waals surface area contributed by atoms with Crippen LogP contribution in [0.1, 0.15) is 52.0 Å². The van der Waals surface area contributed by atoms with Crippen LogP contribution in [0.4, 0.5) is 8.78 Å². The average molecular weight is 437 g/mol. The predicted octanol–water partition coefficient (Wildman–Crippen LogP) is 3.53. The van der Waals surface area contributed by atoms with E-state index < -0.39 is 40.7 Å². The lowest BCUT2D eigenvalue weighted by molar-refractivity contribution is 0.0564. The number of halogens is 2. The lowest BCUT2D eigenvalue weighted by atomic mass is 9.78. The Morgan fingerprint density at radius 2 is 1.91 bits per heavy atom. The Labute approximate surface area is 182 Å². The standard InChI is InChI=1S/C24H21F2N3O3/c1-13-11-14(25)8-9-15(13)20(16-5-2-3-6-17(16)26)21-18-7-4-10-28(18)24(32)22-23(31)19(30)12-27-29(21)22/h2-3,5-6,8-9,11-12,18,20-21,31H,4,7,10H2,1H3/t18-,20+,21-/m1/s1. The minimum Gasteiger partial charge on any atom is -0.502 e. The number of carbonyl (C=O) groups is 1. The molecule has 1 amide bonds. The van der Waals surface area contributed by atoms with Gasteiger partial charge in [0.05, 0.1) is 18.3 Å². The summed E-state index contributed by atoms with van der Waals surface area (Å²) in [6.07, 6.45) is 2.37. The lowest BCUT2D eigenvalue weighted by Gasteiger charge is -2.43. The zero-order chi connectivity index (χ0) is 22.6. The summed E-state index contributed by atoms with van der Waals surface area (Å²) in [7, 11) is 0. The van der Waals surface area contributed by atoms with Gasteiger partial charge in [-0.15, -0.1) is 0 Å². The Morgan fingerprint density at radius 1 is 1.12 bits per heavy atom. The molecule has 0 bridgehead atoms. The van der Waals surface area contributed by atoms with Crippen molar-refractivity contribution in [3.05, 3.63) is 92.9 Å². The minimum atomic E-state index is -0.749. The third-order valence-corrected chi connectivity index (χ3v) is 6.57. The zero-order valence-electron chi connectivity index (χ0n) is 17.3. The molecule has 2 aliphatic rings. The highest BCUT2D eigenvalue weighted by Gasteiger charge is 2.48. The summed E-state index contributed by atoms with van der Waals surface area (Å²) >= 11 is 0. The van der Waals surface area contributed by atoms with E-state index in [1.54, 1.807) is 36.1 Å². The molecule has 32 heavy (non-hydrogen) atoms. The van der Waals surface area contributed by atoms with Gasteiger partial charge in [-0.3, -0.25) is 14.3 Å². The molecule has 8 heteroatoms. The molecular formula is C24H21F2N3O3. The number of rotatable bonds is 3. The summed E-state index contributed by atoms with van der Waals surface area (Å²) in [5.41, 5.74) is 0.752. The number of aromatic nitrogens is 2. The number of fused-ring (bicyclic) bond motifs is 2. The average Bonchev–Trinajstić information content (AvgIpc) is 3.25. The van der Waals surface area contributed by atoms with Crippen molar-refractivity contribution < 1.29 is 18.7 Å². The van der Waals surface area contributed by atoms with E-state index in [2.05, 4.69) is 5.10 Å². The summed E-state index contributed by atoms with van der Waals surface area (Å²) in [6, 6.07) is 9.76. The molecule has 5 rings (SSSR count). The highest BCUT2D eigenvalue weighted by atomic mass is 19.1. The fraction of sp³-hybridized carbons (Fsp3) is 0.292. The first kappa shape index (κ1) is 20.4. The number of nitrogens with zero attached hydrogens (tertiary/aromatic N) is 3. The molecule has 3 atom stereocenters. The highest BCUT2D eigenvalue weighted by molar-refractivity contribution is 5.96. The molecule has 164 valence electrons. The van der Waals surface area contributed by atoms with Crippen LogP contribution in [0.25, 0.3) is 0 Å². The van der Waals surface area contributed by atoms with Gasteiger partial charge in [-0.25, -0.2) is 8.78 Å². The number of hydrogen-bond donors (Lipinski definition) is 1. The van der Waals surface area contributed by atoms with Gasteiger partial charge in [0.25, 0.3) is 5.91 Å². The Balaban J connectivity index is 1.82. The van der Waals surface area contributed by atoms with Crippen LogP contribution in [0.15, 0.2) is 53.5 Å². The molecular weight excluding hydrogens is 416 g/mol. The second-order valence-corrected chi connectivity index (χ2v) is 8.35. The summed E-state index contributed by atoms with van der Waals surface area (Å²) in [5, 5.41) is 14.7. The van der Waals surface area contributed by atoms with Gasteiger partial charge in [-0.1, -0.05) is 24.3 Å². The van der Waals surface area contributed by atoms with Crippen LogP contribution in [-0.4, -0.2) is 38.3 Å². The first-order chi connectivity index (χ1) is 15.4. The molecule has 0 radical (unpaired) electrons. The monoisotopic (exact) mass is 437 g/mol. The number of aryl methyl sites for hydroxylation is 1.